The van der Waals surface area contributed by atoms with Gasteiger partial charge in [-0.05, 0) is 62.1 Å². The number of piperidine rings is 1. The summed E-state index contributed by atoms with van der Waals surface area (Å²) in [4.78, 5) is 32.1. The Morgan fingerprint density at radius 3 is 2.61 bits per heavy atom. The van der Waals surface area contributed by atoms with Crippen molar-refractivity contribution >= 4 is 40.5 Å². The van der Waals surface area contributed by atoms with Crippen molar-refractivity contribution in [1.29, 1.82) is 0 Å². The molecule has 2 aromatic carbocycles. The van der Waals surface area contributed by atoms with Crippen LogP contribution >= 0.6 is 11.6 Å². The third kappa shape index (κ3) is 3.74. The van der Waals surface area contributed by atoms with E-state index in [9.17, 15) is 9.59 Å². The molecule has 2 amide bonds. The van der Waals surface area contributed by atoms with Gasteiger partial charge in [0.05, 0.1) is 11.4 Å². The van der Waals surface area contributed by atoms with Crippen LogP contribution in [0.2, 0.25) is 5.02 Å². The molecule has 3 aliphatic rings. The first-order chi connectivity index (χ1) is 15.0. The number of carbonyl (C=O) groups is 2. The molecule has 2 fully saturated rings. The second-order valence-corrected chi connectivity index (χ2v) is 9.07. The second-order valence-electron chi connectivity index (χ2n) is 8.64. The minimum absolute atomic E-state index is 0.0142. The first kappa shape index (κ1) is 20.2. The third-order valence-electron chi connectivity index (χ3n) is 6.70. The maximum Gasteiger partial charge on any atom is 0.254 e. The zero-order valence-corrected chi connectivity index (χ0v) is 18.5. The standard InChI is InChI=1S/C24H27ClN4O2/c1-16-5-7-18(25)15-22(16)27-10-12-28(13-11-27)24(31)17-6-8-20-19(14-17)26-23(30)21-4-2-3-9-29(20)21/h5-8,14-15,21H,2-4,9-13H2,1H3,(H,26,30)/t21-/m0/s1. The average molecular weight is 439 g/mol. The van der Waals surface area contributed by atoms with Gasteiger partial charge in [0.25, 0.3) is 5.91 Å². The number of carbonyl (C=O) groups excluding carboxylic acids is 2. The fourth-order valence-electron chi connectivity index (χ4n) is 4.98. The fraction of sp³-hybridized carbons (Fsp3) is 0.417. The molecule has 1 N–H and O–H groups in total. The Labute approximate surface area is 187 Å². The van der Waals surface area contributed by atoms with Crippen molar-refractivity contribution in [1.82, 2.24) is 4.90 Å². The summed E-state index contributed by atoms with van der Waals surface area (Å²) < 4.78 is 0. The average Bonchev–Trinajstić information content (AvgIpc) is 2.80. The molecular weight excluding hydrogens is 412 g/mol. The highest BCUT2D eigenvalue weighted by Crippen LogP contribution is 2.36. The smallest absolute Gasteiger partial charge is 0.254 e. The van der Waals surface area contributed by atoms with E-state index in [4.69, 9.17) is 11.6 Å². The molecule has 0 saturated carbocycles. The number of hydrogen-bond donors (Lipinski definition) is 1. The number of nitrogens with zero attached hydrogens (tertiary/aromatic N) is 3. The van der Waals surface area contributed by atoms with E-state index < -0.39 is 0 Å². The molecule has 6 nitrogen and oxygen atoms in total. The van der Waals surface area contributed by atoms with Crippen molar-refractivity contribution in [2.75, 3.05) is 47.8 Å². The molecule has 5 rings (SSSR count). The maximum absolute atomic E-state index is 13.2. The number of benzene rings is 2. The van der Waals surface area contributed by atoms with E-state index in [0.29, 0.717) is 18.7 Å². The van der Waals surface area contributed by atoms with Crippen LogP contribution in [0.1, 0.15) is 35.2 Å². The molecular formula is C24H27ClN4O2. The fourth-order valence-corrected chi connectivity index (χ4v) is 5.15. The van der Waals surface area contributed by atoms with Gasteiger partial charge in [-0.15, -0.1) is 0 Å². The predicted octanol–water partition coefficient (Wildman–Crippen LogP) is 3.92. The van der Waals surface area contributed by atoms with E-state index in [1.54, 1.807) is 0 Å². The Hall–Kier alpha value is -2.73. The molecule has 0 spiro atoms. The van der Waals surface area contributed by atoms with Crippen molar-refractivity contribution in [3.63, 3.8) is 0 Å². The highest BCUT2D eigenvalue weighted by Gasteiger charge is 2.35. The number of amides is 2. The molecule has 7 heteroatoms. The first-order valence-electron chi connectivity index (χ1n) is 11.0. The van der Waals surface area contributed by atoms with E-state index in [1.807, 2.05) is 41.3 Å². The molecule has 0 aromatic heterocycles. The summed E-state index contributed by atoms with van der Waals surface area (Å²) in [6.07, 6.45) is 3.07. The van der Waals surface area contributed by atoms with Gasteiger partial charge in [-0.25, -0.2) is 0 Å². The van der Waals surface area contributed by atoms with Crippen molar-refractivity contribution in [2.24, 2.45) is 0 Å². The van der Waals surface area contributed by atoms with Gasteiger partial charge in [0, 0.05) is 49.0 Å². The minimum Gasteiger partial charge on any atom is -0.368 e. The van der Waals surface area contributed by atoms with Gasteiger partial charge in [-0.1, -0.05) is 17.7 Å². The molecule has 0 bridgehead atoms. The van der Waals surface area contributed by atoms with E-state index in [2.05, 4.69) is 22.0 Å². The molecule has 0 radical (unpaired) electrons. The molecule has 0 aliphatic carbocycles. The topological polar surface area (TPSA) is 55.9 Å². The van der Waals surface area contributed by atoms with Gasteiger partial charge in [-0.3, -0.25) is 9.59 Å². The van der Waals surface area contributed by atoms with Crippen LogP contribution in [0.3, 0.4) is 0 Å². The molecule has 2 saturated heterocycles. The number of aryl methyl sites for hydroxylation is 1. The summed E-state index contributed by atoms with van der Waals surface area (Å²) in [5, 5.41) is 3.75. The molecule has 31 heavy (non-hydrogen) atoms. The number of nitrogens with one attached hydrogen (secondary N) is 1. The number of fused-ring (bicyclic) bond motifs is 3. The third-order valence-corrected chi connectivity index (χ3v) is 6.93. The van der Waals surface area contributed by atoms with Crippen molar-refractivity contribution in [3.8, 4) is 0 Å². The molecule has 162 valence electrons. The van der Waals surface area contributed by atoms with Gasteiger partial charge in [0.15, 0.2) is 0 Å². The van der Waals surface area contributed by atoms with Crippen molar-refractivity contribution in [3.05, 3.63) is 52.5 Å². The molecule has 3 heterocycles. The summed E-state index contributed by atoms with van der Waals surface area (Å²) in [6, 6.07) is 11.6. The van der Waals surface area contributed by atoms with Crippen LogP contribution in [-0.4, -0.2) is 55.5 Å². The van der Waals surface area contributed by atoms with Gasteiger partial charge < -0.3 is 20.0 Å². The lowest BCUT2D eigenvalue weighted by molar-refractivity contribution is -0.118. The van der Waals surface area contributed by atoms with E-state index in [1.165, 1.54) is 5.56 Å². The number of anilines is 3. The molecule has 0 unspecified atom stereocenters. The molecule has 1 atom stereocenters. The van der Waals surface area contributed by atoms with Crippen molar-refractivity contribution < 1.29 is 9.59 Å². The monoisotopic (exact) mass is 438 g/mol. The number of hydrogen-bond acceptors (Lipinski definition) is 4. The summed E-state index contributed by atoms with van der Waals surface area (Å²) >= 11 is 6.18. The highest BCUT2D eigenvalue weighted by molar-refractivity contribution is 6.30. The number of halogens is 1. The zero-order valence-electron chi connectivity index (χ0n) is 17.7. The van der Waals surface area contributed by atoms with Crippen LogP contribution in [0.5, 0.6) is 0 Å². The van der Waals surface area contributed by atoms with Crippen LogP contribution in [0.4, 0.5) is 17.1 Å². The summed E-state index contributed by atoms with van der Waals surface area (Å²) in [7, 11) is 0. The van der Waals surface area contributed by atoms with Gasteiger partial charge in [-0.2, -0.15) is 0 Å². The summed E-state index contributed by atoms with van der Waals surface area (Å²) in [5.74, 6) is 0.0580. The van der Waals surface area contributed by atoms with Crippen molar-refractivity contribution in [2.45, 2.75) is 32.2 Å². The Morgan fingerprint density at radius 2 is 1.81 bits per heavy atom. The highest BCUT2D eigenvalue weighted by atomic mass is 35.5. The lowest BCUT2D eigenvalue weighted by Crippen LogP contribution is -2.51. The number of piperazine rings is 1. The van der Waals surface area contributed by atoms with Crippen LogP contribution in [0.15, 0.2) is 36.4 Å². The Kier molecular flexibility index (Phi) is 5.26. The van der Waals surface area contributed by atoms with Crippen LogP contribution in [0, 0.1) is 6.92 Å². The van der Waals surface area contributed by atoms with Crippen LogP contribution in [0.25, 0.3) is 0 Å². The minimum atomic E-state index is -0.0779. The lowest BCUT2D eigenvalue weighted by Gasteiger charge is -2.41. The number of rotatable bonds is 2. The zero-order chi connectivity index (χ0) is 21.5. The first-order valence-corrected chi connectivity index (χ1v) is 11.4. The summed E-state index contributed by atoms with van der Waals surface area (Å²) in [5.41, 5.74) is 4.73. The Balaban J connectivity index is 1.30. The molecule has 2 aromatic rings. The Morgan fingerprint density at radius 1 is 1.00 bits per heavy atom. The molecule has 3 aliphatic heterocycles. The predicted molar refractivity (Wildman–Crippen MR) is 124 cm³/mol. The quantitative estimate of drug-likeness (QED) is 0.772. The largest absolute Gasteiger partial charge is 0.368 e. The summed E-state index contributed by atoms with van der Waals surface area (Å²) in [6.45, 7) is 5.82. The second kappa shape index (κ2) is 8.08. The lowest BCUT2D eigenvalue weighted by atomic mass is 9.96. The van der Waals surface area contributed by atoms with E-state index >= 15 is 0 Å². The van der Waals surface area contributed by atoms with Crippen LogP contribution in [-0.2, 0) is 4.79 Å². The maximum atomic E-state index is 13.2. The van der Waals surface area contributed by atoms with Gasteiger partial charge in [0.1, 0.15) is 6.04 Å². The normalized spacial score (nSPS) is 20.8. The van der Waals surface area contributed by atoms with Gasteiger partial charge in [0.2, 0.25) is 5.91 Å². The van der Waals surface area contributed by atoms with Crippen LogP contribution < -0.4 is 15.1 Å². The van der Waals surface area contributed by atoms with E-state index in [0.717, 1.165) is 61.0 Å². The SMILES string of the molecule is Cc1ccc(Cl)cc1N1CCN(C(=O)c2ccc3c(c2)NC(=O)[C@@H]2CCCCN32)CC1. The van der Waals surface area contributed by atoms with E-state index in [-0.39, 0.29) is 17.9 Å². The Bertz CT molecular complexity index is 1030. The van der Waals surface area contributed by atoms with Gasteiger partial charge >= 0.3 is 0 Å².